The van der Waals surface area contributed by atoms with Gasteiger partial charge in [0.25, 0.3) is 0 Å². The normalized spacial score (nSPS) is 14.9. The summed E-state index contributed by atoms with van der Waals surface area (Å²) in [5, 5.41) is 10.5. The van der Waals surface area contributed by atoms with Gasteiger partial charge >= 0.3 is 6.09 Å². The summed E-state index contributed by atoms with van der Waals surface area (Å²) in [6.45, 7) is 5.23. The van der Waals surface area contributed by atoms with Crippen LogP contribution in [-0.2, 0) is 6.42 Å². The Balaban J connectivity index is 1.23. The fourth-order valence-corrected chi connectivity index (χ4v) is 4.09. The first-order chi connectivity index (χ1) is 14.6. The molecule has 1 aliphatic rings. The maximum Gasteiger partial charge on any atom is 0.409 e. The molecule has 1 fully saturated rings. The van der Waals surface area contributed by atoms with Crippen LogP contribution in [0.4, 0.5) is 10.5 Å². The van der Waals surface area contributed by atoms with Crippen LogP contribution in [0.25, 0.3) is 10.9 Å². The molecular weight excluding hydrogens is 380 g/mol. The highest BCUT2D eigenvalue weighted by Crippen LogP contribution is 2.25. The molecule has 0 spiro atoms. The minimum absolute atomic E-state index is 0.309. The molecule has 0 saturated carbocycles. The summed E-state index contributed by atoms with van der Waals surface area (Å²) in [4.78, 5) is 19.1. The fourth-order valence-electron chi connectivity index (χ4n) is 4.09. The number of aromatic nitrogens is 1. The molecule has 3 aromatic rings. The number of nitrogens with one attached hydrogen (secondary N) is 1. The number of hydrogen-bond donors (Lipinski definition) is 3. The number of primary amides is 1. The number of phenols is 1. The van der Waals surface area contributed by atoms with Gasteiger partial charge in [0.2, 0.25) is 0 Å². The van der Waals surface area contributed by atoms with Gasteiger partial charge in [0.05, 0.1) is 0 Å². The molecule has 4 rings (SSSR count). The number of benzene rings is 2. The molecule has 1 saturated heterocycles. The van der Waals surface area contributed by atoms with Crippen molar-refractivity contribution in [3.63, 3.8) is 0 Å². The average molecular weight is 409 g/mol. The first kappa shape index (κ1) is 20.1. The van der Waals surface area contributed by atoms with E-state index in [9.17, 15) is 9.90 Å². The molecular formula is C23H28N4O3. The molecule has 1 aromatic heterocycles. The molecule has 0 aliphatic carbocycles. The minimum Gasteiger partial charge on any atom is -0.508 e. The van der Waals surface area contributed by atoms with Gasteiger partial charge in [-0.15, -0.1) is 0 Å². The van der Waals surface area contributed by atoms with Crippen molar-refractivity contribution in [3.8, 4) is 11.5 Å². The summed E-state index contributed by atoms with van der Waals surface area (Å²) in [5.74, 6) is 0.784. The van der Waals surface area contributed by atoms with Crippen molar-refractivity contribution in [1.29, 1.82) is 0 Å². The first-order valence-electron chi connectivity index (χ1n) is 10.4. The molecule has 2 aromatic carbocycles. The van der Waals surface area contributed by atoms with E-state index < -0.39 is 6.09 Å². The Morgan fingerprint density at radius 3 is 2.57 bits per heavy atom. The van der Waals surface area contributed by atoms with Gasteiger partial charge in [-0.3, -0.25) is 4.90 Å². The number of rotatable bonds is 7. The Labute approximate surface area is 176 Å². The van der Waals surface area contributed by atoms with Crippen molar-refractivity contribution in [2.45, 2.75) is 19.3 Å². The smallest absolute Gasteiger partial charge is 0.409 e. The van der Waals surface area contributed by atoms with E-state index in [4.69, 9.17) is 10.5 Å². The first-order valence-corrected chi connectivity index (χ1v) is 10.4. The Kier molecular flexibility index (Phi) is 6.09. The van der Waals surface area contributed by atoms with Crippen molar-refractivity contribution in [3.05, 3.63) is 54.2 Å². The number of unbranched alkanes of at least 4 members (excludes halogenated alkanes) is 1. The number of nitrogens with zero attached hydrogens (tertiary/aromatic N) is 2. The Morgan fingerprint density at radius 2 is 1.83 bits per heavy atom. The third-order valence-electron chi connectivity index (χ3n) is 5.71. The van der Waals surface area contributed by atoms with Gasteiger partial charge in [-0.1, -0.05) is 0 Å². The largest absolute Gasteiger partial charge is 0.508 e. The van der Waals surface area contributed by atoms with E-state index in [1.807, 2.05) is 30.5 Å². The second-order valence-corrected chi connectivity index (χ2v) is 7.74. The van der Waals surface area contributed by atoms with Crippen LogP contribution in [0.1, 0.15) is 18.4 Å². The summed E-state index contributed by atoms with van der Waals surface area (Å²) in [5.41, 5.74) is 8.55. The van der Waals surface area contributed by atoms with Gasteiger partial charge in [0, 0.05) is 49.0 Å². The number of amides is 1. The van der Waals surface area contributed by atoms with Crippen LogP contribution in [0.3, 0.4) is 0 Å². The number of aromatic hydroxyl groups is 1. The van der Waals surface area contributed by atoms with Gasteiger partial charge in [0.15, 0.2) is 0 Å². The SMILES string of the molecule is NC(=O)Oc1ccc2[nH]cc(CCCCN3CCN(c4ccc(O)cc4)CC3)c2c1. The molecule has 7 nitrogen and oxygen atoms in total. The third kappa shape index (κ3) is 4.86. The zero-order chi connectivity index (χ0) is 20.9. The summed E-state index contributed by atoms with van der Waals surface area (Å²) < 4.78 is 5.00. The number of piperazine rings is 1. The van der Waals surface area contributed by atoms with Crippen LogP contribution in [0.15, 0.2) is 48.7 Å². The van der Waals surface area contributed by atoms with Crippen molar-refractivity contribution >= 4 is 22.7 Å². The van der Waals surface area contributed by atoms with Crippen molar-refractivity contribution < 1.29 is 14.6 Å². The predicted octanol–water partition coefficient (Wildman–Crippen LogP) is 3.48. The Morgan fingerprint density at radius 1 is 1.07 bits per heavy atom. The highest BCUT2D eigenvalue weighted by molar-refractivity contribution is 5.85. The van der Waals surface area contributed by atoms with Gasteiger partial charge in [0.1, 0.15) is 11.5 Å². The monoisotopic (exact) mass is 408 g/mol. The summed E-state index contributed by atoms with van der Waals surface area (Å²) >= 11 is 0. The minimum atomic E-state index is -0.794. The zero-order valence-corrected chi connectivity index (χ0v) is 17.0. The Hall–Kier alpha value is -3.19. The second kappa shape index (κ2) is 9.09. The number of nitrogens with two attached hydrogens (primary N) is 1. The molecule has 1 aliphatic heterocycles. The number of carbonyl (C=O) groups excluding carboxylic acids is 1. The molecule has 0 radical (unpaired) electrons. The number of carbonyl (C=O) groups is 1. The van der Waals surface area contributed by atoms with Crippen molar-refractivity contribution in [1.82, 2.24) is 9.88 Å². The number of hydrogen-bond acceptors (Lipinski definition) is 5. The number of aromatic amines is 1. The molecule has 1 amide bonds. The van der Waals surface area contributed by atoms with E-state index in [2.05, 4.69) is 14.8 Å². The van der Waals surface area contributed by atoms with Crippen LogP contribution >= 0.6 is 0 Å². The number of phenolic OH excluding ortho intramolecular Hbond substituents is 1. The number of aryl methyl sites for hydroxylation is 1. The zero-order valence-electron chi connectivity index (χ0n) is 17.0. The van der Waals surface area contributed by atoms with Gasteiger partial charge < -0.3 is 25.5 Å². The van der Waals surface area contributed by atoms with E-state index in [0.29, 0.717) is 11.5 Å². The maximum absolute atomic E-state index is 11.0. The summed E-state index contributed by atoms with van der Waals surface area (Å²) in [7, 11) is 0. The highest BCUT2D eigenvalue weighted by Gasteiger charge is 2.17. The maximum atomic E-state index is 11.0. The lowest BCUT2D eigenvalue weighted by Crippen LogP contribution is -2.46. The third-order valence-corrected chi connectivity index (χ3v) is 5.71. The predicted molar refractivity (Wildman–Crippen MR) is 118 cm³/mol. The van der Waals surface area contributed by atoms with E-state index in [0.717, 1.165) is 62.9 Å². The lowest BCUT2D eigenvalue weighted by Gasteiger charge is -2.36. The van der Waals surface area contributed by atoms with Gasteiger partial charge in [-0.05, 0) is 73.8 Å². The molecule has 0 bridgehead atoms. The number of anilines is 1. The lowest BCUT2D eigenvalue weighted by molar-refractivity contribution is 0.211. The molecule has 4 N–H and O–H groups in total. The van der Waals surface area contributed by atoms with Crippen LogP contribution in [0.2, 0.25) is 0 Å². The van der Waals surface area contributed by atoms with Gasteiger partial charge in [-0.25, -0.2) is 4.79 Å². The van der Waals surface area contributed by atoms with Crippen molar-refractivity contribution in [2.24, 2.45) is 5.73 Å². The standard InChI is InChI=1S/C23H28N4O3/c24-23(29)30-20-8-9-22-21(15-20)17(16-25-22)3-1-2-10-26-11-13-27(14-12-26)18-4-6-19(28)7-5-18/h4-9,15-16,25,28H,1-3,10-14H2,(H2,24,29). The van der Waals surface area contributed by atoms with Gasteiger partial charge in [-0.2, -0.15) is 0 Å². The molecule has 158 valence electrons. The van der Waals surface area contributed by atoms with E-state index in [-0.39, 0.29) is 0 Å². The molecule has 0 unspecified atom stereocenters. The lowest BCUT2D eigenvalue weighted by atomic mass is 10.1. The average Bonchev–Trinajstić information content (AvgIpc) is 3.14. The van der Waals surface area contributed by atoms with Crippen molar-refractivity contribution in [2.75, 3.05) is 37.6 Å². The number of fused-ring (bicyclic) bond motifs is 1. The number of H-pyrrole nitrogens is 1. The quantitative estimate of drug-likeness (QED) is 0.520. The second-order valence-electron chi connectivity index (χ2n) is 7.74. The topological polar surface area (TPSA) is 94.8 Å². The van der Waals surface area contributed by atoms with Crippen LogP contribution < -0.4 is 15.4 Å². The molecule has 0 atom stereocenters. The van der Waals surface area contributed by atoms with E-state index in [1.165, 1.54) is 11.3 Å². The highest BCUT2D eigenvalue weighted by atomic mass is 16.5. The van der Waals surface area contributed by atoms with Crippen LogP contribution in [0.5, 0.6) is 11.5 Å². The molecule has 7 heteroatoms. The summed E-state index contributed by atoms with van der Waals surface area (Å²) in [6.07, 6.45) is 4.47. The van der Waals surface area contributed by atoms with Crippen LogP contribution in [0, 0.1) is 0 Å². The number of ether oxygens (including phenoxy) is 1. The molecule has 2 heterocycles. The molecule has 30 heavy (non-hydrogen) atoms. The Bertz CT molecular complexity index is 991. The fraction of sp³-hybridized carbons (Fsp3) is 0.348. The van der Waals surface area contributed by atoms with E-state index in [1.54, 1.807) is 18.2 Å². The van der Waals surface area contributed by atoms with E-state index >= 15 is 0 Å². The summed E-state index contributed by atoms with van der Waals surface area (Å²) in [6, 6.07) is 13.0. The van der Waals surface area contributed by atoms with Crippen LogP contribution in [-0.4, -0.2) is 53.8 Å².